The minimum Gasteiger partial charge on any atom is -0.398 e. The molecule has 0 saturated heterocycles. The van der Waals surface area contributed by atoms with Crippen molar-refractivity contribution in [1.82, 2.24) is 4.90 Å². The topological polar surface area (TPSA) is 29.3 Å². The number of hydrogen-bond donors (Lipinski definition) is 1. The van der Waals surface area contributed by atoms with Gasteiger partial charge in [0.2, 0.25) is 0 Å². The number of nitrogens with zero attached hydrogens (tertiary/aromatic N) is 1. The highest BCUT2D eigenvalue weighted by Gasteiger charge is 2.06. The molecule has 0 saturated carbocycles. The van der Waals surface area contributed by atoms with Crippen LogP contribution in [-0.4, -0.2) is 18.5 Å². The Morgan fingerprint density at radius 2 is 1.74 bits per heavy atom. The Morgan fingerprint density at radius 3 is 2.37 bits per heavy atom. The van der Waals surface area contributed by atoms with Crippen LogP contribution in [0.3, 0.4) is 0 Å². The first-order valence-corrected chi connectivity index (χ1v) is 7.02. The van der Waals surface area contributed by atoms with Gasteiger partial charge in [-0.15, -0.1) is 0 Å². The van der Waals surface area contributed by atoms with E-state index in [1.54, 1.807) is 0 Å². The van der Waals surface area contributed by atoms with E-state index < -0.39 is 0 Å². The van der Waals surface area contributed by atoms with Crippen molar-refractivity contribution in [2.24, 2.45) is 5.92 Å². The summed E-state index contributed by atoms with van der Waals surface area (Å²) in [5, 5.41) is 2.48. The largest absolute Gasteiger partial charge is 0.398 e. The molecular weight excluding hydrogens is 232 g/mol. The van der Waals surface area contributed by atoms with Crippen molar-refractivity contribution in [3.8, 4) is 0 Å². The summed E-state index contributed by atoms with van der Waals surface area (Å²) in [4.78, 5) is 2.35. The molecule has 19 heavy (non-hydrogen) atoms. The number of hydrogen-bond acceptors (Lipinski definition) is 2. The van der Waals surface area contributed by atoms with E-state index in [1.165, 1.54) is 22.8 Å². The number of anilines is 1. The van der Waals surface area contributed by atoms with Crippen LogP contribution in [0.15, 0.2) is 36.4 Å². The first-order chi connectivity index (χ1) is 9.06. The van der Waals surface area contributed by atoms with E-state index >= 15 is 0 Å². The Bertz CT molecular complexity index is 546. The highest BCUT2D eigenvalue weighted by Crippen LogP contribution is 2.23. The first-order valence-electron chi connectivity index (χ1n) is 7.02. The second-order valence-electron chi connectivity index (χ2n) is 5.82. The van der Waals surface area contributed by atoms with E-state index in [-0.39, 0.29) is 0 Å². The lowest BCUT2D eigenvalue weighted by Gasteiger charge is -2.19. The fourth-order valence-electron chi connectivity index (χ4n) is 2.29. The number of nitrogen functional groups attached to an aromatic ring is 1. The lowest BCUT2D eigenvalue weighted by molar-refractivity contribution is 0.304. The summed E-state index contributed by atoms with van der Waals surface area (Å²) < 4.78 is 0. The monoisotopic (exact) mass is 256 g/mol. The van der Waals surface area contributed by atoms with Gasteiger partial charge in [0, 0.05) is 12.2 Å². The molecule has 0 bridgehead atoms. The number of rotatable bonds is 5. The Kier molecular flexibility index (Phi) is 4.43. The maximum atomic E-state index is 6.16. The van der Waals surface area contributed by atoms with Crippen molar-refractivity contribution in [3.63, 3.8) is 0 Å². The van der Waals surface area contributed by atoms with Gasteiger partial charge in [-0.25, -0.2) is 0 Å². The minimum atomic E-state index is 0.747. The highest BCUT2D eigenvalue weighted by molar-refractivity contribution is 5.86. The molecule has 0 fully saturated rings. The Morgan fingerprint density at radius 1 is 1.11 bits per heavy atom. The molecule has 2 rings (SSSR count). The third-order valence-corrected chi connectivity index (χ3v) is 3.54. The van der Waals surface area contributed by atoms with Crippen molar-refractivity contribution in [3.05, 3.63) is 42.0 Å². The summed E-state index contributed by atoms with van der Waals surface area (Å²) in [6.45, 7) is 6.56. The van der Waals surface area contributed by atoms with Crippen LogP contribution in [0.4, 0.5) is 5.69 Å². The molecule has 0 unspecified atom stereocenters. The zero-order valence-electron chi connectivity index (χ0n) is 12.2. The molecule has 0 heterocycles. The smallest absolute Gasteiger partial charge is 0.0366 e. The van der Waals surface area contributed by atoms with E-state index in [0.29, 0.717) is 0 Å². The fraction of sp³-hybridized carbons (Fsp3) is 0.412. The molecule has 0 atom stereocenters. The van der Waals surface area contributed by atoms with E-state index in [2.05, 4.69) is 62.2 Å². The average Bonchev–Trinajstić information content (AvgIpc) is 2.37. The molecular formula is C17H24N2. The number of nitrogens with two attached hydrogens (primary N) is 1. The lowest BCUT2D eigenvalue weighted by Crippen LogP contribution is -2.21. The summed E-state index contributed by atoms with van der Waals surface area (Å²) in [5.74, 6) is 0.747. The minimum absolute atomic E-state index is 0.747. The van der Waals surface area contributed by atoms with Crippen LogP contribution in [0, 0.1) is 5.92 Å². The third kappa shape index (κ3) is 3.71. The molecule has 0 radical (unpaired) electrons. The van der Waals surface area contributed by atoms with Crippen LogP contribution in [-0.2, 0) is 6.54 Å². The van der Waals surface area contributed by atoms with Gasteiger partial charge < -0.3 is 10.6 Å². The van der Waals surface area contributed by atoms with Gasteiger partial charge in [-0.2, -0.15) is 0 Å². The molecule has 0 amide bonds. The van der Waals surface area contributed by atoms with Gasteiger partial charge in [0.05, 0.1) is 0 Å². The number of fused-ring (bicyclic) bond motifs is 1. The predicted molar refractivity (Wildman–Crippen MR) is 84.1 cm³/mol. The average molecular weight is 256 g/mol. The molecule has 102 valence electrons. The maximum absolute atomic E-state index is 6.16. The molecule has 0 aliphatic heterocycles. The summed E-state index contributed by atoms with van der Waals surface area (Å²) in [6.07, 6.45) is 1.23. The standard InChI is InChI=1S/C17H24N2/c1-13(2)8-9-19(3)12-16-10-14-6-4-5-7-15(14)11-17(16)18/h4-7,10-11,13H,8-9,12,18H2,1-3H3. The van der Waals surface area contributed by atoms with Crippen LogP contribution in [0.2, 0.25) is 0 Å². The summed E-state index contributed by atoms with van der Waals surface area (Å²) in [7, 11) is 2.16. The van der Waals surface area contributed by atoms with Crippen molar-refractivity contribution in [1.29, 1.82) is 0 Å². The Labute approximate surface area is 116 Å². The van der Waals surface area contributed by atoms with Gasteiger partial charge in [-0.3, -0.25) is 0 Å². The van der Waals surface area contributed by atoms with Crippen molar-refractivity contribution < 1.29 is 0 Å². The predicted octanol–water partition coefficient (Wildman–Crippen LogP) is 3.90. The molecule has 2 nitrogen and oxygen atoms in total. The summed E-state index contributed by atoms with van der Waals surface area (Å²) in [6, 6.07) is 12.7. The van der Waals surface area contributed by atoms with E-state index in [1.807, 2.05) is 0 Å². The number of benzene rings is 2. The van der Waals surface area contributed by atoms with Crippen LogP contribution in [0.25, 0.3) is 10.8 Å². The molecule has 2 aromatic rings. The molecule has 2 aromatic carbocycles. The van der Waals surface area contributed by atoms with Crippen molar-refractivity contribution >= 4 is 16.5 Å². The molecule has 0 aliphatic carbocycles. The van der Waals surface area contributed by atoms with Crippen LogP contribution in [0.5, 0.6) is 0 Å². The quantitative estimate of drug-likeness (QED) is 0.822. The summed E-state index contributed by atoms with van der Waals surface area (Å²) in [5.41, 5.74) is 8.29. The van der Waals surface area contributed by atoms with Gasteiger partial charge in [-0.1, -0.05) is 38.1 Å². The summed E-state index contributed by atoms with van der Waals surface area (Å²) >= 11 is 0. The van der Waals surface area contributed by atoms with E-state index in [0.717, 1.165) is 24.7 Å². The Balaban J connectivity index is 2.13. The zero-order valence-corrected chi connectivity index (χ0v) is 12.2. The second-order valence-corrected chi connectivity index (χ2v) is 5.82. The van der Waals surface area contributed by atoms with Crippen molar-refractivity contribution in [2.45, 2.75) is 26.8 Å². The van der Waals surface area contributed by atoms with Crippen LogP contribution >= 0.6 is 0 Å². The third-order valence-electron chi connectivity index (χ3n) is 3.54. The Hall–Kier alpha value is -1.54. The van der Waals surface area contributed by atoms with Gasteiger partial charge in [0.15, 0.2) is 0 Å². The molecule has 2 heteroatoms. The van der Waals surface area contributed by atoms with Gasteiger partial charge in [0.25, 0.3) is 0 Å². The van der Waals surface area contributed by atoms with Crippen LogP contribution in [0.1, 0.15) is 25.8 Å². The van der Waals surface area contributed by atoms with E-state index in [9.17, 15) is 0 Å². The molecule has 0 aliphatic rings. The van der Waals surface area contributed by atoms with Crippen molar-refractivity contribution in [2.75, 3.05) is 19.3 Å². The van der Waals surface area contributed by atoms with Gasteiger partial charge in [-0.05, 0) is 54.4 Å². The second kappa shape index (κ2) is 6.07. The SMILES string of the molecule is CC(C)CCN(C)Cc1cc2ccccc2cc1N. The molecule has 0 spiro atoms. The van der Waals surface area contributed by atoms with Gasteiger partial charge in [0.1, 0.15) is 0 Å². The fourth-order valence-corrected chi connectivity index (χ4v) is 2.29. The normalized spacial score (nSPS) is 11.6. The highest BCUT2D eigenvalue weighted by atomic mass is 15.1. The van der Waals surface area contributed by atoms with Gasteiger partial charge >= 0.3 is 0 Å². The first kappa shape index (κ1) is 13.9. The van der Waals surface area contributed by atoms with E-state index in [4.69, 9.17) is 5.73 Å². The molecule has 0 aromatic heterocycles. The van der Waals surface area contributed by atoms with Crippen LogP contribution < -0.4 is 5.73 Å². The lowest BCUT2D eigenvalue weighted by atomic mass is 10.0. The maximum Gasteiger partial charge on any atom is 0.0366 e. The zero-order chi connectivity index (χ0) is 13.8. The molecule has 2 N–H and O–H groups in total.